The fourth-order valence-electron chi connectivity index (χ4n) is 2.82. The predicted octanol–water partition coefficient (Wildman–Crippen LogP) is 3.40. The molecule has 23 heavy (non-hydrogen) atoms. The maximum absolute atomic E-state index is 13.4. The molecule has 1 saturated heterocycles. The van der Waals surface area contributed by atoms with Gasteiger partial charge in [0.2, 0.25) is 10.0 Å². The second-order valence-corrected chi connectivity index (χ2v) is 7.92. The summed E-state index contributed by atoms with van der Waals surface area (Å²) in [5.41, 5.74) is 0.371. The predicted molar refractivity (Wildman–Crippen MR) is 84.4 cm³/mol. The first-order valence-electron chi connectivity index (χ1n) is 7.09. The normalized spacial score (nSPS) is 17.3. The summed E-state index contributed by atoms with van der Waals surface area (Å²) < 4.78 is 63.2. The molecule has 1 fully saturated rings. The maximum Gasteiger partial charge on any atom is 0.498 e. The molecule has 0 saturated carbocycles. The minimum atomic E-state index is -5.03. The molecule has 2 rings (SSSR count). The van der Waals surface area contributed by atoms with Gasteiger partial charge >= 0.3 is 6.30 Å². The van der Waals surface area contributed by atoms with Gasteiger partial charge in [0.05, 0.1) is 11.9 Å². The minimum Gasteiger partial charge on any atom is -0.317 e. The van der Waals surface area contributed by atoms with Crippen molar-refractivity contribution in [1.29, 1.82) is 0 Å². The quantitative estimate of drug-likeness (QED) is 0.830. The van der Waals surface area contributed by atoms with E-state index in [1.165, 1.54) is 12.1 Å². The molecule has 1 aromatic carbocycles. The van der Waals surface area contributed by atoms with Crippen molar-refractivity contribution >= 4 is 27.3 Å². The zero-order chi connectivity index (χ0) is 17.4. The van der Waals surface area contributed by atoms with Gasteiger partial charge in [0.15, 0.2) is 0 Å². The Labute approximate surface area is 138 Å². The summed E-state index contributed by atoms with van der Waals surface area (Å²) in [4.78, 5) is 0. The summed E-state index contributed by atoms with van der Waals surface area (Å²) in [6, 6.07) is 2.67. The summed E-state index contributed by atoms with van der Waals surface area (Å²) in [6.07, 6.45) is -3.23. The van der Waals surface area contributed by atoms with Crippen LogP contribution >= 0.6 is 11.6 Å². The molecule has 1 aromatic rings. The zero-order valence-electron chi connectivity index (χ0n) is 12.7. The number of benzene rings is 1. The molecule has 0 radical (unpaired) electrons. The lowest BCUT2D eigenvalue weighted by Crippen LogP contribution is -2.43. The van der Waals surface area contributed by atoms with E-state index in [1.54, 1.807) is 6.92 Å². The Morgan fingerprint density at radius 2 is 1.83 bits per heavy atom. The van der Waals surface area contributed by atoms with Gasteiger partial charge in [-0.3, -0.25) is 0 Å². The lowest BCUT2D eigenvalue weighted by atomic mass is 9.88. The van der Waals surface area contributed by atoms with Crippen molar-refractivity contribution in [1.82, 2.24) is 5.32 Å². The highest BCUT2D eigenvalue weighted by molar-refractivity contribution is 7.92. The van der Waals surface area contributed by atoms with Gasteiger partial charge in [-0.15, -0.1) is 13.2 Å². The van der Waals surface area contributed by atoms with Crippen LogP contribution in [0.15, 0.2) is 12.1 Å². The van der Waals surface area contributed by atoms with Crippen LogP contribution < -0.4 is 9.62 Å². The number of anilines is 1. The molecular weight excluding hydrogens is 353 g/mol. The topological polar surface area (TPSA) is 49.4 Å². The summed E-state index contributed by atoms with van der Waals surface area (Å²) in [7, 11) is -4.52. The number of piperidine rings is 1. The van der Waals surface area contributed by atoms with Crippen LogP contribution in [0.25, 0.3) is 0 Å². The van der Waals surface area contributed by atoms with Crippen molar-refractivity contribution in [3.63, 3.8) is 0 Å². The molecule has 0 atom stereocenters. The average molecular weight is 371 g/mol. The van der Waals surface area contributed by atoms with E-state index in [4.69, 9.17) is 11.6 Å². The number of alkyl halides is 3. The van der Waals surface area contributed by atoms with Crippen molar-refractivity contribution < 1.29 is 21.6 Å². The van der Waals surface area contributed by atoms with Crippen LogP contribution in [0.4, 0.5) is 18.9 Å². The highest BCUT2D eigenvalue weighted by Gasteiger charge is 2.45. The van der Waals surface area contributed by atoms with Gasteiger partial charge in [0.1, 0.15) is 0 Å². The summed E-state index contributed by atoms with van der Waals surface area (Å²) in [5.74, 6) is -0.170. The van der Waals surface area contributed by atoms with E-state index in [0.29, 0.717) is 48.3 Å². The highest BCUT2D eigenvalue weighted by Crippen LogP contribution is 2.41. The Morgan fingerprint density at radius 1 is 1.26 bits per heavy atom. The van der Waals surface area contributed by atoms with Crippen LogP contribution in [0.3, 0.4) is 0 Å². The fourth-order valence-corrected chi connectivity index (χ4v) is 3.88. The smallest absolute Gasteiger partial charge is 0.317 e. The van der Waals surface area contributed by atoms with Gasteiger partial charge in [0, 0.05) is 5.02 Å². The van der Waals surface area contributed by atoms with Gasteiger partial charge in [-0.25, -0.2) is 8.42 Å². The van der Waals surface area contributed by atoms with E-state index < -0.39 is 20.6 Å². The monoisotopic (exact) mass is 370 g/mol. The van der Waals surface area contributed by atoms with Crippen LogP contribution in [0.1, 0.15) is 29.9 Å². The molecule has 0 spiro atoms. The van der Waals surface area contributed by atoms with Crippen LogP contribution in [0.5, 0.6) is 0 Å². The fraction of sp³-hybridized carbons (Fsp3) is 0.571. The van der Waals surface area contributed by atoms with Crippen molar-refractivity contribution in [2.75, 3.05) is 23.7 Å². The maximum atomic E-state index is 13.4. The Morgan fingerprint density at radius 3 is 2.30 bits per heavy atom. The van der Waals surface area contributed by atoms with Gasteiger partial charge < -0.3 is 5.32 Å². The van der Waals surface area contributed by atoms with E-state index in [1.807, 2.05) is 0 Å². The number of hydrogen-bond donors (Lipinski definition) is 1. The van der Waals surface area contributed by atoms with E-state index in [0.717, 1.165) is 0 Å². The van der Waals surface area contributed by atoms with Crippen LogP contribution in [0, 0.1) is 6.92 Å². The standard InChI is InChI=1S/C14H18ClF3N2O2S/c1-9-7-13(20(14(16,17)18)23(2,21)22)11(8-12(9)15)10-3-5-19-6-4-10/h7-8,10,19H,3-6H2,1-2H3. The third kappa shape index (κ3) is 4.10. The van der Waals surface area contributed by atoms with E-state index >= 15 is 0 Å². The van der Waals surface area contributed by atoms with E-state index in [-0.39, 0.29) is 11.6 Å². The minimum absolute atomic E-state index is 0.170. The van der Waals surface area contributed by atoms with Gasteiger partial charge in [-0.2, -0.15) is 4.31 Å². The molecule has 0 unspecified atom stereocenters. The Kier molecular flexibility index (Phi) is 5.18. The number of rotatable bonds is 3. The number of nitrogens with one attached hydrogen (secondary N) is 1. The molecule has 1 N–H and O–H groups in total. The molecule has 4 nitrogen and oxygen atoms in total. The molecule has 130 valence electrons. The molecule has 1 aliphatic heterocycles. The number of halogens is 4. The first-order valence-corrected chi connectivity index (χ1v) is 9.32. The number of nitrogens with zero attached hydrogens (tertiary/aromatic N) is 1. The number of sulfonamides is 1. The van der Waals surface area contributed by atoms with Crippen LogP contribution in [-0.4, -0.2) is 34.1 Å². The van der Waals surface area contributed by atoms with Gasteiger partial charge in [0.25, 0.3) is 0 Å². The lowest BCUT2D eigenvalue weighted by molar-refractivity contribution is -0.115. The molecule has 1 heterocycles. The molecule has 0 aromatic heterocycles. The third-order valence-corrected chi connectivity index (χ3v) is 5.34. The van der Waals surface area contributed by atoms with Gasteiger partial charge in [-0.1, -0.05) is 11.6 Å². The van der Waals surface area contributed by atoms with Crippen molar-refractivity contribution in [2.45, 2.75) is 32.0 Å². The molecular formula is C14H18ClF3N2O2S. The zero-order valence-corrected chi connectivity index (χ0v) is 14.3. The highest BCUT2D eigenvalue weighted by atomic mass is 35.5. The third-order valence-electron chi connectivity index (χ3n) is 3.87. The molecule has 0 amide bonds. The second-order valence-electron chi connectivity index (χ2n) is 5.68. The summed E-state index contributed by atoms with van der Waals surface area (Å²) >= 11 is 6.07. The lowest BCUT2D eigenvalue weighted by Gasteiger charge is -2.31. The molecule has 9 heteroatoms. The Hall–Kier alpha value is -0.990. The summed E-state index contributed by atoms with van der Waals surface area (Å²) in [5, 5.41) is 3.46. The summed E-state index contributed by atoms with van der Waals surface area (Å²) in [6.45, 7) is 2.88. The van der Waals surface area contributed by atoms with Crippen molar-refractivity contribution in [3.8, 4) is 0 Å². The SMILES string of the molecule is Cc1cc(N(C(F)(F)F)S(C)(=O)=O)c(C2CCNCC2)cc1Cl. The second kappa shape index (κ2) is 6.49. The average Bonchev–Trinajstić information content (AvgIpc) is 2.40. The first kappa shape index (κ1) is 18.4. The Bertz CT molecular complexity index is 686. The largest absolute Gasteiger partial charge is 0.498 e. The van der Waals surface area contributed by atoms with Crippen molar-refractivity contribution in [3.05, 3.63) is 28.3 Å². The molecule has 0 bridgehead atoms. The van der Waals surface area contributed by atoms with Crippen LogP contribution in [0.2, 0.25) is 5.02 Å². The van der Waals surface area contributed by atoms with Gasteiger partial charge in [-0.05, 0) is 62.0 Å². The first-order chi connectivity index (χ1) is 10.5. The number of aryl methyl sites for hydroxylation is 1. The molecule has 0 aliphatic carbocycles. The van der Waals surface area contributed by atoms with E-state index in [9.17, 15) is 21.6 Å². The van der Waals surface area contributed by atoms with Crippen molar-refractivity contribution in [2.24, 2.45) is 0 Å². The number of hydrogen-bond acceptors (Lipinski definition) is 3. The Balaban J connectivity index is 2.65. The van der Waals surface area contributed by atoms with Crippen LogP contribution in [-0.2, 0) is 10.0 Å². The van der Waals surface area contributed by atoms with E-state index in [2.05, 4.69) is 5.32 Å². The molecule has 1 aliphatic rings.